The van der Waals surface area contributed by atoms with Gasteiger partial charge in [-0.1, -0.05) is 43.4 Å². The van der Waals surface area contributed by atoms with Gasteiger partial charge in [-0.25, -0.2) is 0 Å². The molecule has 0 aromatic heterocycles. The van der Waals surface area contributed by atoms with Crippen molar-refractivity contribution in [1.82, 2.24) is 4.57 Å². The van der Waals surface area contributed by atoms with Gasteiger partial charge in [-0.3, -0.25) is 4.99 Å². The van der Waals surface area contributed by atoms with Crippen LogP contribution in [0.3, 0.4) is 0 Å². The number of hydrogen-bond donors (Lipinski definition) is 0. The molecule has 154 valence electrons. The number of hydrogen-bond acceptors (Lipinski definition) is 2. The number of dihydropyridines is 1. The van der Waals surface area contributed by atoms with Crippen molar-refractivity contribution in [2.45, 2.75) is 37.5 Å². The molecule has 7 heteroatoms. The molecular formula is C21H31Cl2N3SiTi-2. The van der Waals surface area contributed by atoms with Crippen LogP contribution in [0.2, 0.25) is 18.6 Å². The third-order valence-corrected chi connectivity index (χ3v) is 10.9. The first-order chi connectivity index (χ1) is 13.1. The second-order valence-corrected chi connectivity index (χ2v) is 15.2. The second kappa shape index (κ2) is 11.5. The zero-order valence-corrected chi connectivity index (χ0v) is 21.2. The predicted octanol–water partition coefficient (Wildman–Crippen LogP) is 6.02. The maximum absolute atomic E-state index is 4.99. The van der Waals surface area contributed by atoms with Crippen LogP contribution in [-0.4, -0.2) is 51.2 Å². The van der Waals surface area contributed by atoms with Crippen LogP contribution in [0, 0.1) is 13.3 Å². The minimum atomic E-state index is -1.48. The number of aliphatic imine (C=N–C) groups is 1. The van der Waals surface area contributed by atoms with Crippen molar-refractivity contribution in [3.8, 4) is 0 Å². The average Bonchev–Trinajstić information content (AvgIpc) is 3.15. The molecule has 2 fully saturated rings. The average molecular weight is 472 g/mol. The molecule has 3 aliphatic rings. The number of nitrogens with zero attached hydrogens (tertiary/aromatic N) is 3. The first-order valence-corrected chi connectivity index (χ1v) is 17.0. The molecule has 3 atom stereocenters. The van der Waals surface area contributed by atoms with Gasteiger partial charge in [-0.2, -0.15) is 0 Å². The van der Waals surface area contributed by atoms with Gasteiger partial charge in [0.1, 0.15) is 8.24 Å². The first kappa shape index (κ1) is 24.3. The van der Waals surface area contributed by atoms with E-state index in [1.54, 1.807) is 0 Å². The molecule has 1 aliphatic carbocycles. The van der Waals surface area contributed by atoms with Crippen LogP contribution >= 0.6 is 18.6 Å². The Hall–Kier alpha value is 0.0612. The summed E-state index contributed by atoms with van der Waals surface area (Å²) in [5.41, 5.74) is 3.66. The molecule has 1 saturated carbocycles. The Morgan fingerprint density at radius 2 is 1.75 bits per heavy atom. The molecule has 28 heavy (non-hydrogen) atoms. The SMILES string of the molecule is C[Si](C)(C1CCC2C(c3ccccc3)=CC=NC21)N1CC[N-]CC1.[CH3-].[Cl][Ti][Cl]. The van der Waals surface area contributed by atoms with Gasteiger partial charge >= 0.3 is 35.6 Å². The number of piperazine rings is 1. The summed E-state index contributed by atoms with van der Waals surface area (Å²) >= 11 is -0.556. The summed E-state index contributed by atoms with van der Waals surface area (Å²) in [4.78, 5) is 4.99. The van der Waals surface area contributed by atoms with E-state index in [2.05, 4.69) is 65.6 Å². The Kier molecular flexibility index (Phi) is 9.95. The standard InChI is InChI=1S/C20H28N3Si.CH3.2ClH.Ti/c1-24(2,23-14-12-21-13-15-23)19-9-8-18-17(10-11-22-20(18)19)16-6-4-3-5-7-16;;;;/h3-7,10-11,18-20H,8-9,12-15H2,1-2H3;1H3;2*1H;/q2*-1;;;+2/p-2. The van der Waals surface area contributed by atoms with E-state index < -0.39 is 25.3 Å². The molecule has 3 nitrogen and oxygen atoms in total. The van der Waals surface area contributed by atoms with E-state index in [0.717, 1.165) is 31.7 Å². The third-order valence-electron chi connectivity index (χ3n) is 6.41. The van der Waals surface area contributed by atoms with Crippen LogP contribution in [-0.2, 0) is 17.0 Å². The van der Waals surface area contributed by atoms with Gasteiger partial charge in [0.2, 0.25) is 0 Å². The molecule has 0 amide bonds. The van der Waals surface area contributed by atoms with Crippen molar-refractivity contribution in [3.05, 3.63) is 54.7 Å². The van der Waals surface area contributed by atoms with Crippen molar-refractivity contribution in [3.63, 3.8) is 0 Å². The van der Waals surface area contributed by atoms with Gasteiger partial charge in [0.15, 0.2) is 0 Å². The number of halogens is 2. The zero-order valence-electron chi connectivity index (χ0n) is 17.1. The minimum absolute atomic E-state index is 0. The summed E-state index contributed by atoms with van der Waals surface area (Å²) in [6, 6.07) is 11.4. The fourth-order valence-electron chi connectivity index (χ4n) is 5.00. The predicted molar refractivity (Wildman–Crippen MR) is 123 cm³/mol. The molecule has 3 unspecified atom stereocenters. The molecule has 1 aromatic rings. The second-order valence-electron chi connectivity index (χ2n) is 7.95. The van der Waals surface area contributed by atoms with Gasteiger partial charge in [0.05, 0.1) is 6.04 Å². The van der Waals surface area contributed by atoms with Gasteiger partial charge in [-0.05, 0) is 48.7 Å². The third kappa shape index (κ3) is 5.40. The summed E-state index contributed by atoms with van der Waals surface area (Å²) < 4.78 is 2.79. The van der Waals surface area contributed by atoms with Gasteiger partial charge in [0.25, 0.3) is 0 Å². The Morgan fingerprint density at radius 3 is 2.39 bits per heavy atom. The molecule has 0 bridgehead atoms. The number of allylic oxidation sites excluding steroid dienone is 1. The molecule has 2 aliphatic heterocycles. The van der Waals surface area contributed by atoms with Crippen LogP contribution in [0.25, 0.3) is 10.9 Å². The van der Waals surface area contributed by atoms with E-state index in [1.807, 2.05) is 0 Å². The van der Waals surface area contributed by atoms with E-state index in [4.69, 9.17) is 23.6 Å². The Bertz CT molecular complexity index is 663. The summed E-state index contributed by atoms with van der Waals surface area (Å²) in [6.07, 6.45) is 6.97. The van der Waals surface area contributed by atoms with Crippen molar-refractivity contribution < 1.29 is 17.0 Å². The number of fused-ring (bicyclic) bond motifs is 1. The topological polar surface area (TPSA) is 29.7 Å². The normalized spacial score (nSPS) is 27.0. The molecular weight excluding hydrogens is 441 g/mol. The van der Waals surface area contributed by atoms with Crippen LogP contribution in [0.15, 0.2) is 41.4 Å². The quantitative estimate of drug-likeness (QED) is 0.391. The van der Waals surface area contributed by atoms with Gasteiger partial charge < -0.3 is 17.3 Å². The molecule has 0 radical (unpaired) electrons. The zero-order chi connectivity index (χ0) is 19.3. The summed E-state index contributed by atoms with van der Waals surface area (Å²) in [5.74, 6) is 0.614. The van der Waals surface area contributed by atoms with Crippen molar-refractivity contribution in [2.75, 3.05) is 26.2 Å². The molecule has 2 heterocycles. The monoisotopic (exact) mass is 471 g/mol. The molecule has 1 saturated heterocycles. The van der Waals surface area contributed by atoms with Crippen molar-refractivity contribution >= 4 is 38.6 Å². The Balaban J connectivity index is 0.000000660. The summed E-state index contributed by atoms with van der Waals surface area (Å²) in [7, 11) is 8.30. The number of benzene rings is 1. The first-order valence-electron chi connectivity index (χ1n) is 9.73. The van der Waals surface area contributed by atoms with Crippen LogP contribution in [0.5, 0.6) is 0 Å². The van der Waals surface area contributed by atoms with Crippen LogP contribution in [0.1, 0.15) is 18.4 Å². The maximum atomic E-state index is 4.99. The van der Waals surface area contributed by atoms with E-state index in [0.29, 0.717) is 12.0 Å². The van der Waals surface area contributed by atoms with E-state index in [1.165, 1.54) is 24.0 Å². The Morgan fingerprint density at radius 1 is 1.11 bits per heavy atom. The summed E-state index contributed by atoms with van der Waals surface area (Å²) in [5, 5.41) is 4.54. The van der Waals surface area contributed by atoms with Gasteiger partial charge in [0, 0.05) is 12.1 Å². The van der Waals surface area contributed by atoms with Crippen LogP contribution < -0.4 is 0 Å². The van der Waals surface area contributed by atoms with E-state index >= 15 is 0 Å². The molecule has 0 N–H and O–H groups in total. The van der Waals surface area contributed by atoms with Crippen LogP contribution in [0.4, 0.5) is 0 Å². The van der Waals surface area contributed by atoms with E-state index in [9.17, 15) is 0 Å². The fraction of sp³-hybridized carbons (Fsp3) is 0.524. The fourth-order valence-corrected chi connectivity index (χ4v) is 8.85. The van der Waals surface area contributed by atoms with Crippen molar-refractivity contribution in [2.24, 2.45) is 10.9 Å². The number of rotatable bonds is 3. The van der Waals surface area contributed by atoms with E-state index in [-0.39, 0.29) is 7.43 Å². The molecule has 1 aromatic carbocycles. The summed E-state index contributed by atoms with van der Waals surface area (Å²) in [6.45, 7) is 9.52. The molecule has 4 rings (SSSR count). The van der Waals surface area contributed by atoms with Crippen molar-refractivity contribution in [1.29, 1.82) is 0 Å². The Labute approximate surface area is 188 Å². The van der Waals surface area contributed by atoms with Gasteiger partial charge in [-0.15, -0.1) is 13.1 Å². The molecule has 0 spiro atoms.